The van der Waals surface area contributed by atoms with Crippen molar-refractivity contribution in [3.05, 3.63) is 28.4 Å². The Morgan fingerprint density at radius 2 is 1.95 bits per heavy atom. The molecule has 110 valence electrons. The lowest BCUT2D eigenvalue weighted by Gasteiger charge is -2.13. The summed E-state index contributed by atoms with van der Waals surface area (Å²) in [7, 11) is 3.11. The molecular weight excluding hydrogens is 290 g/mol. The van der Waals surface area contributed by atoms with Crippen molar-refractivity contribution in [1.82, 2.24) is 9.97 Å². The summed E-state index contributed by atoms with van der Waals surface area (Å²) in [5, 5.41) is 0.425. The van der Waals surface area contributed by atoms with Gasteiger partial charge in [-0.05, 0) is 31.4 Å². The Balaban J connectivity index is 2.15. The summed E-state index contributed by atoms with van der Waals surface area (Å²) in [5.74, 6) is 2.11. The van der Waals surface area contributed by atoms with Crippen molar-refractivity contribution < 1.29 is 9.47 Å². The molecule has 0 amide bonds. The number of ether oxygens (including phenoxy) is 2. The third-order valence-corrected chi connectivity index (χ3v) is 4.07. The number of nitrogens with two attached hydrogens (primary N) is 1. The number of hydrogen-bond acceptors (Lipinski definition) is 5. The van der Waals surface area contributed by atoms with Crippen LogP contribution in [-0.4, -0.2) is 24.2 Å². The number of nitrogens with zero attached hydrogens (tertiary/aromatic N) is 2. The number of anilines is 1. The number of fused-ring (bicyclic) bond motifs is 1. The first-order valence-corrected chi connectivity index (χ1v) is 7.09. The molecule has 1 aromatic carbocycles. The lowest BCUT2D eigenvalue weighted by Crippen LogP contribution is -2.03. The van der Waals surface area contributed by atoms with E-state index >= 15 is 0 Å². The van der Waals surface area contributed by atoms with Crippen LogP contribution in [0.25, 0.3) is 11.4 Å². The smallest absolute Gasteiger partial charge is 0.180 e. The van der Waals surface area contributed by atoms with Crippen LogP contribution in [0.4, 0.5) is 5.82 Å². The minimum Gasteiger partial charge on any atom is -0.493 e. The Kier molecular flexibility index (Phi) is 3.59. The average Bonchev–Trinajstić information content (AvgIpc) is 2.95. The van der Waals surface area contributed by atoms with Crippen molar-refractivity contribution in [3.8, 4) is 22.9 Å². The van der Waals surface area contributed by atoms with Crippen LogP contribution in [0.1, 0.15) is 17.7 Å². The third-order valence-electron chi connectivity index (χ3n) is 3.69. The first-order valence-electron chi connectivity index (χ1n) is 6.71. The molecule has 0 fully saturated rings. The maximum Gasteiger partial charge on any atom is 0.180 e. The first kappa shape index (κ1) is 13.9. The van der Waals surface area contributed by atoms with Crippen LogP contribution in [0, 0.1) is 0 Å². The Bertz CT molecular complexity index is 704. The molecule has 5 nitrogen and oxygen atoms in total. The van der Waals surface area contributed by atoms with Crippen molar-refractivity contribution in [2.24, 2.45) is 0 Å². The fourth-order valence-corrected chi connectivity index (χ4v) is 2.96. The summed E-state index contributed by atoms with van der Waals surface area (Å²) < 4.78 is 10.5. The molecule has 3 rings (SSSR count). The van der Waals surface area contributed by atoms with Crippen molar-refractivity contribution in [1.29, 1.82) is 0 Å². The monoisotopic (exact) mass is 305 g/mol. The molecule has 2 N–H and O–H groups in total. The lowest BCUT2D eigenvalue weighted by atomic mass is 10.1. The zero-order chi connectivity index (χ0) is 15.0. The van der Waals surface area contributed by atoms with Crippen LogP contribution in [0.2, 0.25) is 5.02 Å². The van der Waals surface area contributed by atoms with Gasteiger partial charge >= 0.3 is 0 Å². The van der Waals surface area contributed by atoms with Crippen molar-refractivity contribution in [3.63, 3.8) is 0 Å². The van der Waals surface area contributed by atoms with E-state index in [-0.39, 0.29) is 0 Å². The van der Waals surface area contributed by atoms with Gasteiger partial charge in [0.2, 0.25) is 0 Å². The number of aromatic nitrogens is 2. The van der Waals surface area contributed by atoms with E-state index in [9.17, 15) is 0 Å². The molecule has 0 unspecified atom stereocenters. The van der Waals surface area contributed by atoms with Gasteiger partial charge in [0.15, 0.2) is 17.3 Å². The van der Waals surface area contributed by atoms with Crippen LogP contribution >= 0.6 is 11.6 Å². The van der Waals surface area contributed by atoms with E-state index < -0.39 is 0 Å². The van der Waals surface area contributed by atoms with Crippen molar-refractivity contribution >= 4 is 17.4 Å². The number of methoxy groups -OCH3 is 2. The molecule has 0 radical (unpaired) electrons. The molecule has 1 aliphatic carbocycles. The lowest BCUT2D eigenvalue weighted by molar-refractivity contribution is 0.355. The van der Waals surface area contributed by atoms with E-state index in [0.717, 1.165) is 30.5 Å². The van der Waals surface area contributed by atoms with Gasteiger partial charge in [-0.2, -0.15) is 0 Å². The van der Waals surface area contributed by atoms with E-state index in [1.165, 1.54) is 0 Å². The topological polar surface area (TPSA) is 70.3 Å². The van der Waals surface area contributed by atoms with Gasteiger partial charge in [-0.3, -0.25) is 0 Å². The molecule has 0 saturated carbocycles. The maximum atomic E-state index is 6.40. The van der Waals surface area contributed by atoms with Gasteiger partial charge in [-0.25, -0.2) is 9.97 Å². The molecule has 0 bridgehead atoms. The maximum absolute atomic E-state index is 6.40. The van der Waals surface area contributed by atoms with Crippen molar-refractivity contribution in [2.45, 2.75) is 19.3 Å². The predicted octanol–water partition coefficient (Wildman–Crippen LogP) is 2.89. The fourth-order valence-electron chi connectivity index (χ4n) is 2.64. The number of rotatable bonds is 3. The predicted molar refractivity (Wildman–Crippen MR) is 82.0 cm³/mol. The minimum atomic E-state index is 0.425. The van der Waals surface area contributed by atoms with Gasteiger partial charge in [0.05, 0.1) is 19.2 Å². The highest BCUT2D eigenvalue weighted by atomic mass is 35.5. The molecule has 1 aliphatic rings. The number of benzene rings is 1. The van der Waals surface area contributed by atoms with Crippen LogP contribution < -0.4 is 15.2 Å². The van der Waals surface area contributed by atoms with E-state index in [1.807, 2.05) is 6.07 Å². The van der Waals surface area contributed by atoms with E-state index in [2.05, 4.69) is 9.97 Å². The van der Waals surface area contributed by atoms with E-state index in [0.29, 0.717) is 33.7 Å². The Morgan fingerprint density at radius 3 is 2.67 bits per heavy atom. The second kappa shape index (κ2) is 5.41. The summed E-state index contributed by atoms with van der Waals surface area (Å²) >= 11 is 6.40. The zero-order valence-electron chi connectivity index (χ0n) is 11.9. The van der Waals surface area contributed by atoms with Gasteiger partial charge < -0.3 is 15.2 Å². The molecule has 0 saturated heterocycles. The van der Waals surface area contributed by atoms with Crippen LogP contribution in [0.3, 0.4) is 0 Å². The number of nitrogen functional groups attached to an aromatic ring is 1. The molecule has 0 aliphatic heterocycles. The summed E-state index contributed by atoms with van der Waals surface area (Å²) in [6.07, 6.45) is 2.94. The van der Waals surface area contributed by atoms with Gasteiger partial charge in [-0.1, -0.05) is 11.6 Å². The van der Waals surface area contributed by atoms with E-state index in [1.54, 1.807) is 20.3 Å². The first-order chi connectivity index (χ1) is 10.2. The zero-order valence-corrected chi connectivity index (χ0v) is 12.7. The minimum absolute atomic E-state index is 0.425. The van der Waals surface area contributed by atoms with Gasteiger partial charge in [0, 0.05) is 16.8 Å². The molecular formula is C15H16ClN3O2. The summed E-state index contributed by atoms with van der Waals surface area (Å²) in [6.45, 7) is 0. The molecule has 1 aromatic heterocycles. The number of halogens is 1. The second-order valence-corrected chi connectivity index (χ2v) is 5.25. The normalized spacial score (nSPS) is 13.1. The second-order valence-electron chi connectivity index (χ2n) is 4.87. The highest BCUT2D eigenvalue weighted by Crippen LogP contribution is 2.41. The molecule has 2 aromatic rings. The quantitative estimate of drug-likeness (QED) is 0.944. The number of hydrogen-bond donors (Lipinski definition) is 1. The largest absolute Gasteiger partial charge is 0.493 e. The standard InChI is InChI=1S/C15H16ClN3O2/c1-20-11-7-6-9(12(16)13(11)21-2)15-18-10-5-3-4-8(10)14(17)19-15/h6-7H,3-5H2,1-2H3,(H2,17,18,19). The SMILES string of the molecule is COc1ccc(-c2nc(N)c3c(n2)CCC3)c(Cl)c1OC. The van der Waals surface area contributed by atoms with Crippen molar-refractivity contribution in [2.75, 3.05) is 20.0 Å². The van der Waals surface area contributed by atoms with Gasteiger partial charge in [-0.15, -0.1) is 0 Å². The van der Waals surface area contributed by atoms with Crippen LogP contribution in [0.15, 0.2) is 12.1 Å². The highest BCUT2D eigenvalue weighted by molar-refractivity contribution is 6.35. The fraction of sp³-hybridized carbons (Fsp3) is 0.333. The molecule has 1 heterocycles. The number of aryl methyl sites for hydroxylation is 1. The molecule has 21 heavy (non-hydrogen) atoms. The van der Waals surface area contributed by atoms with Gasteiger partial charge in [0.1, 0.15) is 5.82 Å². The summed E-state index contributed by atoms with van der Waals surface area (Å²) in [6, 6.07) is 3.60. The summed E-state index contributed by atoms with van der Waals surface area (Å²) in [4.78, 5) is 9.00. The summed E-state index contributed by atoms with van der Waals surface area (Å²) in [5.41, 5.74) is 8.81. The average molecular weight is 306 g/mol. The van der Waals surface area contributed by atoms with Crippen LogP contribution in [-0.2, 0) is 12.8 Å². The Labute approximate surface area is 128 Å². The van der Waals surface area contributed by atoms with Crippen LogP contribution in [0.5, 0.6) is 11.5 Å². The highest BCUT2D eigenvalue weighted by Gasteiger charge is 2.21. The third kappa shape index (κ3) is 2.27. The Hall–Kier alpha value is -2.01. The molecule has 0 spiro atoms. The Morgan fingerprint density at radius 1 is 1.14 bits per heavy atom. The molecule has 6 heteroatoms. The van der Waals surface area contributed by atoms with E-state index in [4.69, 9.17) is 26.8 Å². The molecule has 0 atom stereocenters. The van der Waals surface area contributed by atoms with Gasteiger partial charge in [0.25, 0.3) is 0 Å².